The summed E-state index contributed by atoms with van der Waals surface area (Å²) in [6, 6.07) is 0. The summed E-state index contributed by atoms with van der Waals surface area (Å²) in [6.07, 6.45) is 2.03. The summed E-state index contributed by atoms with van der Waals surface area (Å²) in [4.78, 5) is 0. The second-order valence-electron chi connectivity index (χ2n) is 1.70. The molecule has 1 unspecified atom stereocenters. The molecule has 0 aromatic rings. The van der Waals surface area contributed by atoms with Gasteiger partial charge in [0, 0.05) is 7.05 Å². The van der Waals surface area contributed by atoms with Crippen molar-refractivity contribution in [3.63, 3.8) is 0 Å². The largest absolute Gasteiger partial charge is 0.256 e. The van der Waals surface area contributed by atoms with Gasteiger partial charge in [-0.1, -0.05) is 0 Å². The van der Waals surface area contributed by atoms with E-state index in [0.717, 1.165) is 0 Å². The van der Waals surface area contributed by atoms with E-state index >= 15 is 0 Å². The topological polar surface area (TPSA) is 53.3 Å². The lowest BCUT2D eigenvalue weighted by Gasteiger charge is -2.19. The number of nitrogens with two attached hydrogens (primary N) is 1. The third kappa shape index (κ3) is 4.68. The predicted molar refractivity (Wildman–Crippen MR) is 41.2 cm³/mol. The normalized spacial score (nSPS) is 14.3. The van der Waals surface area contributed by atoms with E-state index < -0.39 is 0 Å². The fourth-order valence-electron chi connectivity index (χ4n) is 0.363. The maximum Gasteiger partial charge on any atom is 0.0651 e. The monoisotopic (exact) mass is 150 g/mol. The third-order valence-electron chi connectivity index (χ3n) is 0.923. The number of thioether (sulfide) groups is 1. The molecule has 0 aliphatic heterocycles. The van der Waals surface area contributed by atoms with Gasteiger partial charge in [-0.25, -0.2) is 5.43 Å². The van der Waals surface area contributed by atoms with Crippen LogP contribution in [0.1, 0.15) is 6.92 Å². The van der Waals surface area contributed by atoms with Gasteiger partial charge in [-0.2, -0.15) is 10.7 Å². The SMILES string of the molecule is CSC(C)NN(C)NN. The number of nitrogens with one attached hydrogen (secondary N) is 2. The van der Waals surface area contributed by atoms with Crippen LogP contribution in [0.4, 0.5) is 0 Å². The number of hydrogen-bond acceptors (Lipinski definition) is 5. The quantitative estimate of drug-likeness (QED) is 0.287. The first kappa shape index (κ1) is 9.19. The van der Waals surface area contributed by atoms with Crippen molar-refractivity contribution < 1.29 is 0 Å². The molecule has 0 fully saturated rings. The highest BCUT2D eigenvalue weighted by Gasteiger charge is 1.98. The lowest BCUT2D eigenvalue weighted by Crippen LogP contribution is -2.51. The van der Waals surface area contributed by atoms with Gasteiger partial charge in [0.1, 0.15) is 0 Å². The van der Waals surface area contributed by atoms with Crippen LogP contribution in [0, 0.1) is 0 Å². The Hall–Kier alpha value is 0.190. The molecule has 0 heterocycles. The highest BCUT2D eigenvalue weighted by Crippen LogP contribution is 1.99. The molecule has 0 aromatic carbocycles. The highest BCUT2D eigenvalue weighted by molar-refractivity contribution is 7.99. The summed E-state index contributed by atoms with van der Waals surface area (Å²) in [5.74, 6) is 5.08. The Kier molecular flexibility index (Phi) is 5.12. The zero-order valence-corrected chi connectivity index (χ0v) is 6.83. The first-order chi connectivity index (χ1) is 4.20. The van der Waals surface area contributed by atoms with Crippen molar-refractivity contribution in [1.82, 2.24) is 16.1 Å². The predicted octanol–water partition coefficient (Wildman–Crippen LogP) is -0.490. The van der Waals surface area contributed by atoms with Crippen LogP contribution in [0.5, 0.6) is 0 Å². The van der Waals surface area contributed by atoms with Crippen LogP contribution in [0.3, 0.4) is 0 Å². The lowest BCUT2D eigenvalue weighted by atomic mass is 10.8. The summed E-state index contributed by atoms with van der Waals surface area (Å²) in [7, 11) is 1.81. The van der Waals surface area contributed by atoms with Crippen LogP contribution < -0.4 is 16.8 Å². The molecule has 9 heavy (non-hydrogen) atoms. The number of hydrogen-bond donors (Lipinski definition) is 3. The van der Waals surface area contributed by atoms with E-state index in [-0.39, 0.29) is 0 Å². The van der Waals surface area contributed by atoms with E-state index in [1.54, 1.807) is 16.9 Å². The minimum absolute atomic E-state index is 0.381. The van der Waals surface area contributed by atoms with Gasteiger partial charge < -0.3 is 0 Å². The third-order valence-corrected chi connectivity index (χ3v) is 1.74. The fraction of sp³-hybridized carbons (Fsp3) is 1.00. The van der Waals surface area contributed by atoms with Crippen molar-refractivity contribution in [1.29, 1.82) is 0 Å². The molecular formula is C4H14N4S. The summed E-state index contributed by atoms with van der Waals surface area (Å²) >= 11 is 1.72. The fourth-order valence-corrected chi connectivity index (χ4v) is 0.626. The standard InChI is InChI=1S/C4H14N4S/c1-4(9-3)6-8(2)7-5/h4,6-7H,5H2,1-3H3. The zero-order valence-electron chi connectivity index (χ0n) is 6.01. The first-order valence-electron chi connectivity index (χ1n) is 2.69. The Labute approximate surface area is 60.1 Å². The molecule has 0 rings (SSSR count). The number of nitrogens with zero attached hydrogens (tertiary/aromatic N) is 1. The molecule has 0 radical (unpaired) electrons. The maximum atomic E-state index is 5.08. The molecule has 1 atom stereocenters. The Morgan fingerprint density at radius 1 is 1.67 bits per heavy atom. The molecule has 0 amide bonds. The average molecular weight is 150 g/mol. The molecule has 4 N–H and O–H groups in total. The molecule has 0 saturated heterocycles. The van der Waals surface area contributed by atoms with Crippen LogP contribution >= 0.6 is 11.8 Å². The molecule has 0 saturated carbocycles. The van der Waals surface area contributed by atoms with Gasteiger partial charge in [0.25, 0.3) is 0 Å². The van der Waals surface area contributed by atoms with E-state index in [4.69, 9.17) is 5.84 Å². The number of rotatable bonds is 4. The average Bonchev–Trinajstić information content (AvgIpc) is 1.87. The van der Waals surface area contributed by atoms with Crippen molar-refractivity contribution in [3.05, 3.63) is 0 Å². The van der Waals surface area contributed by atoms with Crippen molar-refractivity contribution >= 4 is 11.8 Å². The molecule has 0 aliphatic carbocycles. The summed E-state index contributed by atoms with van der Waals surface area (Å²) in [5.41, 5.74) is 5.48. The van der Waals surface area contributed by atoms with Gasteiger partial charge in [0.15, 0.2) is 0 Å². The Balaban J connectivity index is 3.22. The molecule has 0 spiro atoms. The summed E-state index contributed by atoms with van der Waals surface area (Å²) in [5, 5.41) is 1.99. The maximum absolute atomic E-state index is 5.08. The van der Waals surface area contributed by atoms with Crippen molar-refractivity contribution in [2.24, 2.45) is 5.84 Å². The van der Waals surface area contributed by atoms with Gasteiger partial charge in [0.05, 0.1) is 5.37 Å². The molecule has 56 valence electrons. The van der Waals surface area contributed by atoms with Crippen molar-refractivity contribution in [3.8, 4) is 0 Å². The van der Waals surface area contributed by atoms with Gasteiger partial charge in [-0.15, -0.1) is 11.8 Å². The molecule has 0 aliphatic rings. The van der Waals surface area contributed by atoms with Crippen LogP contribution in [0.2, 0.25) is 0 Å². The second kappa shape index (κ2) is 5.01. The molecule has 4 nitrogen and oxygen atoms in total. The molecule has 5 heteroatoms. The van der Waals surface area contributed by atoms with Gasteiger partial charge in [-0.05, 0) is 13.2 Å². The lowest BCUT2D eigenvalue weighted by molar-refractivity contribution is 0.153. The van der Waals surface area contributed by atoms with E-state index in [0.29, 0.717) is 5.37 Å². The summed E-state index contributed by atoms with van der Waals surface area (Å²) in [6.45, 7) is 2.05. The van der Waals surface area contributed by atoms with Crippen molar-refractivity contribution in [2.45, 2.75) is 12.3 Å². The van der Waals surface area contributed by atoms with Crippen LogP contribution in [0.25, 0.3) is 0 Å². The van der Waals surface area contributed by atoms with Crippen LogP contribution in [-0.2, 0) is 0 Å². The van der Waals surface area contributed by atoms with E-state index in [1.165, 1.54) is 0 Å². The van der Waals surface area contributed by atoms with E-state index in [1.807, 2.05) is 13.3 Å². The Morgan fingerprint density at radius 3 is 2.56 bits per heavy atom. The zero-order chi connectivity index (χ0) is 7.28. The van der Waals surface area contributed by atoms with Gasteiger partial charge in [0.2, 0.25) is 0 Å². The second-order valence-corrected chi connectivity index (χ2v) is 2.87. The van der Waals surface area contributed by atoms with E-state index in [2.05, 4.69) is 17.9 Å². The number of hydrazine groups is 3. The summed E-state index contributed by atoms with van der Waals surface area (Å²) < 4.78 is 0. The first-order valence-corrected chi connectivity index (χ1v) is 3.98. The van der Waals surface area contributed by atoms with Crippen LogP contribution in [-0.4, -0.2) is 23.8 Å². The van der Waals surface area contributed by atoms with Gasteiger partial charge >= 0.3 is 0 Å². The van der Waals surface area contributed by atoms with Crippen LogP contribution in [0.15, 0.2) is 0 Å². The highest BCUT2D eigenvalue weighted by atomic mass is 32.2. The Bertz CT molecular complexity index is 61.6. The Morgan fingerprint density at radius 2 is 2.22 bits per heavy atom. The molecular weight excluding hydrogens is 136 g/mol. The molecule has 0 aromatic heterocycles. The molecule has 0 bridgehead atoms. The minimum Gasteiger partial charge on any atom is -0.256 e. The smallest absolute Gasteiger partial charge is 0.0651 e. The van der Waals surface area contributed by atoms with Crippen molar-refractivity contribution in [2.75, 3.05) is 13.3 Å². The minimum atomic E-state index is 0.381. The van der Waals surface area contributed by atoms with Gasteiger partial charge in [-0.3, -0.25) is 5.84 Å². The van der Waals surface area contributed by atoms with E-state index in [9.17, 15) is 0 Å².